The van der Waals surface area contributed by atoms with Crippen molar-refractivity contribution < 1.29 is 14.3 Å². The van der Waals surface area contributed by atoms with E-state index in [1.807, 2.05) is 16.1 Å². The van der Waals surface area contributed by atoms with Gasteiger partial charge in [-0.15, -0.1) is 0 Å². The highest BCUT2D eigenvalue weighted by atomic mass is 19.1. The maximum absolute atomic E-state index is 13.5. The first-order valence-corrected chi connectivity index (χ1v) is 11.2. The Balaban J connectivity index is 1.62. The second-order valence-corrected chi connectivity index (χ2v) is 9.35. The van der Waals surface area contributed by atoms with Crippen molar-refractivity contribution in [2.45, 2.75) is 46.6 Å². The molecule has 3 atom stereocenters. The second-order valence-electron chi connectivity index (χ2n) is 9.35. The van der Waals surface area contributed by atoms with Crippen LogP contribution >= 0.6 is 0 Å². The number of anilines is 1. The number of benzene rings is 1. The van der Waals surface area contributed by atoms with Crippen LogP contribution in [0.15, 0.2) is 59.0 Å². The van der Waals surface area contributed by atoms with Gasteiger partial charge in [0.1, 0.15) is 5.82 Å². The molecule has 0 unspecified atom stereocenters. The molecule has 1 aromatic carbocycles. The molecule has 0 saturated heterocycles. The number of nitrogens with zero attached hydrogens (tertiary/aromatic N) is 2. The summed E-state index contributed by atoms with van der Waals surface area (Å²) in [7, 11) is 0. The van der Waals surface area contributed by atoms with E-state index >= 15 is 0 Å². The van der Waals surface area contributed by atoms with Crippen molar-refractivity contribution in [2.75, 3.05) is 18.1 Å². The third kappa shape index (κ3) is 4.13. The highest BCUT2D eigenvalue weighted by molar-refractivity contribution is 5.84. The fraction of sp³-hybridized carbons (Fsp3) is 0.480. The lowest BCUT2D eigenvalue weighted by atomic mass is 9.80. The van der Waals surface area contributed by atoms with E-state index in [9.17, 15) is 14.3 Å². The molecule has 2 aliphatic carbocycles. The number of aliphatic hydroxyl groups excluding tert-OH is 1. The number of nitrogens with one attached hydrogen (secondary N) is 1. The lowest BCUT2D eigenvalue weighted by molar-refractivity contribution is -0.136. The molecular weight excluding hydrogens is 393 g/mol. The van der Waals surface area contributed by atoms with Crippen LogP contribution in [0.4, 0.5) is 10.1 Å². The third-order valence-electron chi connectivity index (χ3n) is 6.34. The molecule has 166 valence electrons. The smallest absolute Gasteiger partial charge is 0.229 e. The Morgan fingerprint density at radius 2 is 1.97 bits per heavy atom. The fourth-order valence-electron chi connectivity index (χ4n) is 5.09. The van der Waals surface area contributed by atoms with E-state index in [0.717, 1.165) is 29.8 Å². The summed E-state index contributed by atoms with van der Waals surface area (Å²) in [6.45, 7) is 9.11. The van der Waals surface area contributed by atoms with Crippen molar-refractivity contribution in [3.8, 4) is 0 Å². The summed E-state index contributed by atoms with van der Waals surface area (Å²) in [5.41, 5.74) is 8.83. The maximum Gasteiger partial charge on any atom is 0.229 e. The van der Waals surface area contributed by atoms with Gasteiger partial charge in [-0.2, -0.15) is 0 Å². The summed E-state index contributed by atoms with van der Waals surface area (Å²) in [5.74, 6) is 0.203. The molecule has 1 heterocycles. The van der Waals surface area contributed by atoms with Crippen molar-refractivity contribution in [3.63, 3.8) is 0 Å². The van der Waals surface area contributed by atoms with E-state index < -0.39 is 6.10 Å². The average Bonchev–Trinajstić information content (AvgIpc) is 3.32. The monoisotopic (exact) mass is 425 g/mol. The van der Waals surface area contributed by atoms with Gasteiger partial charge in [-0.1, -0.05) is 20.8 Å². The minimum Gasteiger partial charge on any atom is -0.392 e. The van der Waals surface area contributed by atoms with Crippen LogP contribution in [0.1, 0.15) is 40.5 Å². The zero-order valence-electron chi connectivity index (χ0n) is 18.7. The van der Waals surface area contributed by atoms with Crippen LogP contribution in [-0.4, -0.2) is 35.1 Å². The van der Waals surface area contributed by atoms with Crippen molar-refractivity contribution in [1.82, 2.24) is 10.3 Å². The minimum absolute atomic E-state index is 0.122. The first-order valence-electron chi connectivity index (χ1n) is 11.2. The van der Waals surface area contributed by atoms with Crippen molar-refractivity contribution in [1.29, 1.82) is 0 Å². The topological polar surface area (TPSA) is 55.8 Å². The van der Waals surface area contributed by atoms with E-state index in [-0.39, 0.29) is 23.6 Å². The summed E-state index contributed by atoms with van der Waals surface area (Å²) in [5, 5.41) is 11.9. The summed E-state index contributed by atoms with van der Waals surface area (Å²) in [4.78, 5) is 15.3. The van der Waals surface area contributed by atoms with Gasteiger partial charge in [-0.05, 0) is 67.2 Å². The summed E-state index contributed by atoms with van der Waals surface area (Å²) in [6.07, 6.45) is 5.31. The van der Waals surface area contributed by atoms with Gasteiger partial charge in [-0.3, -0.25) is 9.80 Å². The predicted octanol–water partition coefficient (Wildman–Crippen LogP) is 4.14. The molecule has 0 bridgehead atoms. The molecule has 6 heteroatoms. The molecule has 1 amide bonds. The number of aliphatic hydroxyl groups is 1. The highest BCUT2D eigenvalue weighted by Gasteiger charge is 2.41. The Bertz CT molecular complexity index is 936. The van der Waals surface area contributed by atoms with Crippen LogP contribution < -0.4 is 10.4 Å². The highest BCUT2D eigenvalue weighted by Crippen LogP contribution is 2.48. The van der Waals surface area contributed by atoms with Gasteiger partial charge in [-0.25, -0.2) is 4.39 Å². The fourth-order valence-corrected chi connectivity index (χ4v) is 5.09. The first-order chi connectivity index (χ1) is 14.8. The largest absolute Gasteiger partial charge is 0.392 e. The van der Waals surface area contributed by atoms with Crippen LogP contribution in [0.3, 0.4) is 0 Å². The molecule has 0 spiro atoms. The Kier molecular flexibility index (Phi) is 5.93. The molecule has 31 heavy (non-hydrogen) atoms. The molecule has 1 aromatic rings. The molecule has 5 nitrogen and oxygen atoms in total. The number of hydrogen-bond acceptors (Lipinski definition) is 4. The zero-order valence-corrected chi connectivity index (χ0v) is 18.7. The van der Waals surface area contributed by atoms with E-state index in [1.165, 1.54) is 23.3 Å². The normalized spacial score (nSPS) is 23.3. The number of halogens is 1. The van der Waals surface area contributed by atoms with Gasteiger partial charge in [0.2, 0.25) is 5.91 Å². The number of allylic oxidation sites excluding steroid dienone is 3. The van der Waals surface area contributed by atoms with Crippen molar-refractivity contribution in [2.24, 2.45) is 17.8 Å². The summed E-state index contributed by atoms with van der Waals surface area (Å²) in [6, 6.07) is 6.44. The van der Waals surface area contributed by atoms with Crippen LogP contribution in [0.25, 0.3) is 0 Å². The van der Waals surface area contributed by atoms with Crippen LogP contribution in [0, 0.1) is 23.6 Å². The molecule has 0 radical (unpaired) electrons. The van der Waals surface area contributed by atoms with E-state index in [1.54, 1.807) is 19.1 Å². The number of hydrazine groups is 1. The van der Waals surface area contributed by atoms with E-state index in [2.05, 4.69) is 32.3 Å². The summed E-state index contributed by atoms with van der Waals surface area (Å²) >= 11 is 0. The Morgan fingerprint density at radius 1 is 1.26 bits per heavy atom. The third-order valence-corrected chi connectivity index (χ3v) is 6.34. The Hall–Kier alpha value is -2.60. The molecule has 1 aliphatic heterocycles. The molecule has 0 aromatic heterocycles. The van der Waals surface area contributed by atoms with Gasteiger partial charge in [0.15, 0.2) is 0 Å². The average molecular weight is 426 g/mol. The van der Waals surface area contributed by atoms with Gasteiger partial charge >= 0.3 is 0 Å². The minimum atomic E-state index is -0.543. The number of hydrogen-bond donors (Lipinski definition) is 2. The maximum atomic E-state index is 13.5. The number of amides is 1. The molecule has 0 fully saturated rings. The number of fused-ring (bicyclic) bond motifs is 1. The second kappa shape index (κ2) is 8.50. The van der Waals surface area contributed by atoms with Gasteiger partial charge in [0.25, 0.3) is 0 Å². The quantitative estimate of drug-likeness (QED) is 0.719. The Labute approximate surface area is 183 Å². The molecule has 4 rings (SSSR count). The first kappa shape index (κ1) is 21.6. The molecular formula is C25H32FN3O2. The predicted molar refractivity (Wildman–Crippen MR) is 120 cm³/mol. The lowest BCUT2D eigenvalue weighted by Gasteiger charge is -2.33. The standard InChI is InChI=1S/C25H32FN3O2/c1-15(2)13-28(14-16(3)30)25(31)21-10-5-18-11-23-22(17(4)24(18)21)12-27-29(23)20-8-6-19(26)7-9-20/h6-9,11-12,15-17,21,27,30H,5,10,13-14H2,1-4H3/t16-,17+,21+/m1/s1. The van der Waals surface area contributed by atoms with Crippen molar-refractivity contribution >= 4 is 11.6 Å². The number of carbonyl (C=O) groups excluding carboxylic acids is 1. The Morgan fingerprint density at radius 3 is 2.61 bits per heavy atom. The summed E-state index contributed by atoms with van der Waals surface area (Å²) < 4.78 is 13.4. The van der Waals surface area contributed by atoms with Crippen molar-refractivity contribution in [3.05, 3.63) is 64.8 Å². The number of carbonyl (C=O) groups is 1. The number of rotatable bonds is 6. The molecule has 2 N–H and O–H groups in total. The van der Waals surface area contributed by atoms with Crippen LogP contribution in [0.5, 0.6) is 0 Å². The van der Waals surface area contributed by atoms with Crippen LogP contribution in [0.2, 0.25) is 0 Å². The van der Waals surface area contributed by atoms with Gasteiger partial charge < -0.3 is 15.4 Å². The molecule has 3 aliphatic rings. The molecule has 0 saturated carbocycles. The van der Waals surface area contributed by atoms with Crippen LogP contribution in [-0.2, 0) is 4.79 Å². The van der Waals surface area contributed by atoms with E-state index in [0.29, 0.717) is 19.0 Å². The lowest BCUT2D eigenvalue weighted by Crippen LogP contribution is -2.43. The van der Waals surface area contributed by atoms with E-state index in [4.69, 9.17) is 0 Å². The SMILES string of the molecule is CC(C)CN(C[C@@H](C)O)C(=O)[C@H]1CCC2=C1[C@@H](C)C1=CNN(c3ccc(F)cc3)C1=C2. The zero-order chi connectivity index (χ0) is 22.3. The van der Waals surface area contributed by atoms with Gasteiger partial charge in [0, 0.05) is 30.8 Å². The van der Waals surface area contributed by atoms with Gasteiger partial charge in [0.05, 0.1) is 23.4 Å².